The average Bonchev–Trinajstić information content (AvgIpc) is 2.39. The van der Waals surface area contributed by atoms with E-state index in [1.165, 1.54) is 5.56 Å². The molecule has 0 aromatic heterocycles. The van der Waals surface area contributed by atoms with Crippen LogP contribution in [-0.2, 0) is 10.7 Å². The minimum atomic E-state index is 0.133. The molecule has 2 rings (SSSR count). The number of alkyl halides is 1. The van der Waals surface area contributed by atoms with Gasteiger partial charge in [0.25, 0.3) is 0 Å². The number of benzene rings is 2. The summed E-state index contributed by atoms with van der Waals surface area (Å²) in [4.78, 5) is 0. The highest BCUT2D eigenvalue weighted by atomic mass is 79.9. The van der Waals surface area contributed by atoms with E-state index in [1.807, 2.05) is 30.3 Å². The summed E-state index contributed by atoms with van der Waals surface area (Å²) in [5.41, 5.74) is 2.57. The lowest BCUT2D eigenvalue weighted by molar-refractivity contribution is 0.474. The lowest BCUT2D eigenvalue weighted by Crippen LogP contribution is -2.10. The Hall–Kier alpha value is -1.28. The molecule has 1 nitrogen and oxygen atoms in total. The van der Waals surface area contributed by atoms with Crippen LogP contribution in [0.15, 0.2) is 48.5 Å². The third-order valence-corrected chi connectivity index (χ3v) is 3.65. The van der Waals surface area contributed by atoms with E-state index in [4.69, 9.17) is 4.74 Å². The summed E-state index contributed by atoms with van der Waals surface area (Å²) in [7, 11) is 0. The molecule has 100 valence electrons. The van der Waals surface area contributed by atoms with E-state index in [-0.39, 0.29) is 5.41 Å². The molecule has 2 aromatic carbocycles. The van der Waals surface area contributed by atoms with Crippen LogP contribution in [0.1, 0.15) is 31.9 Å². The van der Waals surface area contributed by atoms with Crippen LogP contribution in [-0.4, -0.2) is 0 Å². The maximum Gasteiger partial charge on any atom is 0.131 e. The minimum absolute atomic E-state index is 0.133. The van der Waals surface area contributed by atoms with Crippen molar-refractivity contribution in [1.29, 1.82) is 0 Å². The van der Waals surface area contributed by atoms with Crippen molar-refractivity contribution in [3.8, 4) is 11.5 Å². The van der Waals surface area contributed by atoms with Crippen molar-refractivity contribution in [1.82, 2.24) is 0 Å². The van der Waals surface area contributed by atoms with Crippen LogP contribution >= 0.6 is 15.9 Å². The molecule has 2 heteroatoms. The Labute approximate surface area is 123 Å². The molecule has 0 unspecified atom stereocenters. The van der Waals surface area contributed by atoms with Crippen molar-refractivity contribution in [2.75, 3.05) is 0 Å². The van der Waals surface area contributed by atoms with Crippen LogP contribution in [0.4, 0.5) is 0 Å². The van der Waals surface area contributed by atoms with E-state index in [2.05, 4.69) is 54.9 Å². The highest BCUT2D eigenvalue weighted by molar-refractivity contribution is 9.08. The van der Waals surface area contributed by atoms with Gasteiger partial charge in [-0.05, 0) is 29.2 Å². The lowest BCUT2D eigenvalue weighted by atomic mass is 9.87. The molecule has 0 amide bonds. The van der Waals surface area contributed by atoms with Gasteiger partial charge >= 0.3 is 0 Å². The third-order valence-electron chi connectivity index (χ3n) is 3.04. The third kappa shape index (κ3) is 3.60. The van der Waals surface area contributed by atoms with Crippen molar-refractivity contribution in [2.24, 2.45) is 0 Å². The number of ether oxygens (including phenoxy) is 1. The van der Waals surface area contributed by atoms with E-state index >= 15 is 0 Å². The summed E-state index contributed by atoms with van der Waals surface area (Å²) in [6.45, 7) is 6.62. The van der Waals surface area contributed by atoms with E-state index in [0.29, 0.717) is 0 Å². The highest BCUT2D eigenvalue weighted by Crippen LogP contribution is 2.30. The molecule has 19 heavy (non-hydrogen) atoms. The van der Waals surface area contributed by atoms with Crippen LogP contribution in [0.2, 0.25) is 0 Å². The summed E-state index contributed by atoms with van der Waals surface area (Å²) >= 11 is 3.49. The van der Waals surface area contributed by atoms with E-state index in [9.17, 15) is 0 Å². The Morgan fingerprint density at radius 1 is 1.00 bits per heavy atom. The molecule has 0 aliphatic carbocycles. The standard InChI is InChI=1S/C17H19BrO/c1-17(2,3)14-8-6-9-15(11-14)19-16-10-5-4-7-13(16)12-18/h4-11H,12H2,1-3H3. The number of hydrogen-bond acceptors (Lipinski definition) is 1. The van der Waals surface area contributed by atoms with Gasteiger partial charge in [0.15, 0.2) is 0 Å². The Balaban J connectivity index is 2.29. The molecule has 0 spiro atoms. The zero-order valence-electron chi connectivity index (χ0n) is 11.6. The minimum Gasteiger partial charge on any atom is -0.457 e. The van der Waals surface area contributed by atoms with Gasteiger partial charge in [0.1, 0.15) is 11.5 Å². The second-order valence-corrected chi connectivity index (χ2v) is 6.18. The first-order chi connectivity index (χ1) is 9.00. The number of rotatable bonds is 3. The van der Waals surface area contributed by atoms with Gasteiger partial charge in [0.05, 0.1) is 0 Å². The van der Waals surface area contributed by atoms with Crippen molar-refractivity contribution < 1.29 is 4.74 Å². The molecule has 0 aliphatic rings. The van der Waals surface area contributed by atoms with Gasteiger partial charge in [-0.2, -0.15) is 0 Å². The monoisotopic (exact) mass is 318 g/mol. The predicted octanol–water partition coefficient (Wildman–Crippen LogP) is 5.67. The highest BCUT2D eigenvalue weighted by Gasteiger charge is 2.14. The molecule has 0 aliphatic heterocycles. The van der Waals surface area contributed by atoms with Gasteiger partial charge in [-0.1, -0.05) is 67.0 Å². The largest absolute Gasteiger partial charge is 0.457 e. The normalized spacial score (nSPS) is 11.4. The zero-order valence-corrected chi connectivity index (χ0v) is 13.2. The molecule has 0 saturated carbocycles. The molecular formula is C17H19BrO. The second kappa shape index (κ2) is 5.79. The van der Waals surface area contributed by atoms with Crippen molar-refractivity contribution >= 4 is 15.9 Å². The molecular weight excluding hydrogens is 300 g/mol. The van der Waals surface area contributed by atoms with Gasteiger partial charge in [0, 0.05) is 10.9 Å². The predicted molar refractivity (Wildman–Crippen MR) is 84.3 cm³/mol. The first-order valence-corrected chi connectivity index (χ1v) is 7.55. The lowest BCUT2D eigenvalue weighted by Gasteiger charge is -2.20. The molecule has 0 radical (unpaired) electrons. The summed E-state index contributed by atoms with van der Waals surface area (Å²) in [5, 5.41) is 0.794. The maximum absolute atomic E-state index is 6.01. The first kappa shape index (κ1) is 14.1. The van der Waals surface area contributed by atoms with Crippen LogP contribution in [0.3, 0.4) is 0 Å². The summed E-state index contributed by atoms with van der Waals surface area (Å²) in [6.07, 6.45) is 0. The fourth-order valence-electron chi connectivity index (χ4n) is 1.87. The first-order valence-electron chi connectivity index (χ1n) is 6.43. The molecule has 0 fully saturated rings. The quantitative estimate of drug-likeness (QED) is 0.662. The number of halogens is 1. The Kier molecular flexibility index (Phi) is 4.31. The fraction of sp³-hybridized carbons (Fsp3) is 0.294. The van der Waals surface area contributed by atoms with Crippen LogP contribution < -0.4 is 4.74 Å². The Morgan fingerprint density at radius 2 is 1.74 bits per heavy atom. The van der Waals surface area contributed by atoms with Gasteiger partial charge in [-0.15, -0.1) is 0 Å². The summed E-state index contributed by atoms with van der Waals surface area (Å²) < 4.78 is 6.01. The number of para-hydroxylation sites is 1. The zero-order chi connectivity index (χ0) is 13.9. The van der Waals surface area contributed by atoms with Crippen molar-refractivity contribution in [2.45, 2.75) is 31.5 Å². The molecule has 0 atom stereocenters. The van der Waals surface area contributed by atoms with E-state index in [1.54, 1.807) is 0 Å². The van der Waals surface area contributed by atoms with Gasteiger partial charge < -0.3 is 4.74 Å². The van der Waals surface area contributed by atoms with Crippen LogP contribution in [0.25, 0.3) is 0 Å². The number of hydrogen-bond donors (Lipinski definition) is 0. The summed E-state index contributed by atoms with van der Waals surface area (Å²) in [5.74, 6) is 1.80. The SMILES string of the molecule is CC(C)(C)c1cccc(Oc2ccccc2CBr)c1. The Morgan fingerprint density at radius 3 is 2.42 bits per heavy atom. The van der Waals surface area contributed by atoms with E-state index in [0.717, 1.165) is 22.4 Å². The van der Waals surface area contributed by atoms with Crippen LogP contribution in [0.5, 0.6) is 11.5 Å². The molecule has 0 N–H and O–H groups in total. The summed E-state index contributed by atoms with van der Waals surface area (Å²) in [6, 6.07) is 16.4. The van der Waals surface area contributed by atoms with Gasteiger partial charge in [0.2, 0.25) is 0 Å². The van der Waals surface area contributed by atoms with Crippen LogP contribution in [0, 0.1) is 0 Å². The molecule has 0 heterocycles. The van der Waals surface area contributed by atoms with Crippen molar-refractivity contribution in [3.05, 3.63) is 59.7 Å². The van der Waals surface area contributed by atoms with Gasteiger partial charge in [-0.25, -0.2) is 0 Å². The molecule has 2 aromatic rings. The fourth-order valence-corrected chi connectivity index (χ4v) is 2.33. The Bertz CT molecular complexity index is 555. The molecule has 0 bridgehead atoms. The van der Waals surface area contributed by atoms with Gasteiger partial charge in [-0.3, -0.25) is 0 Å². The second-order valence-electron chi connectivity index (χ2n) is 5.62. The smallest absolute Gasteiger partial charge is 0.131 e. The molecule has 0 saturated heterocycles. The maximum atomic E-state index is 6.01. The van der Waals surface area contributed by atoms with E-state index < -0.39 is 0 Å². The van der Waals surface area contributed by atoms with Crippen molar-refractivity contribution in [3.63, 3.8) is 0 Å². The average molecular weight is 319 g/mol. The topological polar surface area (TPSA) is 9.23 Å².